The van der Waals surface area contributed by atoms with Gasteiger partial charge in [-0.25, -0.2) is 14.3 Å². The summed E-state index contributed by atoms with van der Waals surface area (Å²) in [6.45, 7) is 1.74. The Bertz CT molecular complexity index is 1570. The van der Waals surface area contributed by atoms with Gasteiger partial charge in [0.1, 0.15) is 0 Å². The maximum atomic E-state index is 14.1. The minimum atomic E-state index is -4.88. The second-order valence-electron chi connectivity index (χ2n) is 7.45. The van der Waals surface area contributed by atoms with E-state index in [1.54, 1.807) is 37.4 Å². The number of carbonyl (C=O) groups is 1. The number of aryl methyl sites for hydroxylation is 1. The molecule has 0 aliphatic carbocycles. The monoisotopic (exact) mass is 498 g/mol. The van der Waals surface area contributed by atoms with Crippen LogP contribution in [-0.4, -0.2) is 40.6 Å². The average Bonchev–Trinajstić information content (AvgIpc) is 3.45. The van der Waals surface area contributed by atoms with E-state index in [-0.39, 0.29) is 22.2 Å². The molecule has 0 unspecified atom stereocenters. The summed E-state index contributed by atoms with van der Waals surface area (Å²) in [5.74, 6) is -0.775. The van der Waals surface area contributed by atoms with Crippen molar-refractivity contribution in [3.63, 3.8) is 0 Å². The first-order valence-corrected chi connectivity index (χ1v) is 10.5. The minimum absolute atomic E-state index is 0.0934. The first-order valence-electron chi connectivity index (χ1n) is 10.1. The number of carbonyl (C=O) groups excluding carboxylic acids is 1. The first kappa shape index (κ1) is 22.5. The maximum Gasteiger partial charge on any atom is 0.434 e. The molecule has 1 aromatic carbocycles. The number of amides is 1. The molecular formula is C22H14ClF3N8O. The molecule has 0 fully saturated rings. The largest absolute Gasteiger partial charge is 0.434 e. The van der Waals surface area contributed by atoms with Crippen LogP contribution in [0.2, 0.25) is 5.02 Å². The lowest BCUT2D eigenvalue weighted by Gasteiger charge is -2.14. The number of fused-ring (bicyclic) bond motifs is 1. The molecule has 1 amide bonds. The average molecular weight is 499 g/mol. The van der Waals surface area contributed by atoms with Gasteiger partial charge in [-0.05, 0) is 37.3 Å². The zero-order valence-electron chi connectivity index (χ0n) is 17.8. The zero-order valence-corrected chi connectivity index (χ0v) is 18.6. The van der Waals surface area contributed by atoms with Gasteiger partial charge in [-0.3, -0.25) is 9.78 Å². The van der Waals surface area contributed by atoms with Gasteiger partial charge < -0.3 is 5.32 Å². The predicted molar refractivity (Wildman–Crippen MR) is 121 cm³/mol. The predicted octanol–water partition coefficient (Wildman–Crippen LogP) is 4.63. The van der Waals surface area contributed by atoms with Crippen molar-refractivity contribution in [2.45, 2.75) is 13.1 Å². The van der Waals surface area contributed by atoms with Crippen LogP contribution in [0, 0.1) is 6.92 Å². The fraction of sp³-hybridized carbons (Fsp3) is 0.0909. The van der Waals surface area contributed by atoms with E-state index in [1.165, 1.54) is 29.2 Å². The smallest absolute Gasteiger partial charge is 0.320 e. The van der Waals surface area contributed by atoms with Gasteiger partial charge in [-0.1, -0.05) is 22.9 Å². The number of aromatic nitrogens is 7. The summed E-state index contributed by atoms with van der Waals surface area (Å²) in [7, 11) is 0. The highest BCUT2D eigenvalue weighted by molar-refractivity contribution is 6.32. The van der Waals surface area contributed by atoms with E-state index in [1.807, 2.05) is 0 Å². The Kier molecular flexibility index (Phi) is 5.44. The number of pyridine rings is 2. The minimum Gasteiger partial charge on any atom is -0.320 e. The Morgan fingerprint density at radius 1 is 1.11 bits per heavy atom. The van der Waals surface area contributed by atoms with E-state index in [2.05, 4.69) is 30.7 Å². The topological polar surface area (TPSA) is 103 Å². The van der Waals surface area contributed by atoms with Gasteiger partial charge in [0.2, 0.25) is 0 Å². The molecule has 13 heteroatoms. The van der Waals surface area contributed by atoms with Crippen LogP contribution in [0.5, 0.6) is 0 Å². The molecule has 9 nitrogen and oxygen atoms in total. The van der Waals surface area contributed by atoms with Gasteiger partial charge in [0.25, 0.3) is 5.91 Å². The van der Waals surface area contributed by atoms with Crippen molar-refractivity contribution in [1.29, 1.82) is 0 Å². The van der Waals surface area contributed by atoms with Crippen LogP contribution in [-0.2, 0) is 6.18 Å². The number of benzene rings is 1. The van der Waals surface area contributed by atoms with Gasteiger partial charge in [0, 0.05) is 11.6 Å². The number of nitrogens with one attached hydrogen (secondary N) is 1. The highest BCUT2D eigenvalue weighted by Gasteiger charge is 2.41. The van der Waals surface area contributed by atoms with Crippen molar-refractivity contribution in [2.75, 3.05) is 5.32 Å². The molecule has 0 atom stereocenters. The number of halogens is 4. The molecule has 5 aromatic rings. The quantitative estimate of drug-likeness (QED) is 0.387. The van der Waals surface area contributed by atoms with Crippen molar-refractivity contribution in [3.05, 3.63) is 83.2 Å². The van der Waals surface area contributed by atoms with E-state index in [0.717, 1.165) is 6.20 Å². The normalized spacial score (nSPS) is 11.7. The molecule has 0 radical (unpaired) electrons. The Balaban J connectivity index is 1.51. The van der Waals surface area contributed by atoms with Crippen molar-refractivity contribution in [2.24, 2.45) is 0 Å². The molecule has 176 valence electrons. The SMILES string of the molecule is Cc1cn(-c2ncc(NC(=O)c3cnn(-c4cccc5ncccc45)c3C(F)(F)F)cc2Cl)nn1. The van der Waals surface area contributed by atoms with Crippen LogP contribution < -0.4 is 5.32 Å². The van der Waals surface area contributed by atoms with Gasteiger partial charge in [0.15, 0.2) is 11.5 Å². The molecule has 0 spiro atoms. The van der Waals surface area contributed by atoms with E-state index in [9.17, 15) is 18.0 Å². The third-order valence-corrected chi connectivity index (χ3v) is 5.32. The van der Waals surface area contributed by atoms with E-state index in [0.29, 0.717) is 21.3 Å². The number of nitrogens with zero attached hydrogens (tertiary/aromatic N) is 7. The van der Waals surface area contributed by atoms with Crippen LogP contribution >= 0.6 is 11.6 Å². The van der Waals surface area contributed by atoms with Crippen molar-refractivity contribution >= 4 is 34.1 Å². The fourth-order valence-corrected chi connectivity index (χ4v) is 3.81. The van der Waals surface area contributed by atoms with E-state index in [4.69, 9.17) is 11.6 Å². The highest BCUT2D eigenvalue weighted by Crippen LogP contribution is 2.35. The first-order chi connectivity index (χ1) is 16.7. The number of hydrogen-bond donors (Lipinski definition) is 1. The Morgan fingerprint density at radius 2 is 1.94 bits per heavy atom. The third-order valence-electron chi connectivity index (χ3n) is 5.04. The summed E-state index contributed by atoms with van der Waals surface area (Å²) in [5, 5.41) is 14.6. The standard InChI is InChI=1S/C22H14ClF3N8O/c1-12-11-33(32-31-12)20-16(23)8-13(9-28-20)30-21(35)15-10-29-34(19(15)22(24,25)26)18-6-2-5-17-14(18)4-3-7-27-17/h2-11H,1H3,(H,30,35). The lowest BCUT2D eigenvalue weighted by molar-refractivity contribution is -0.143. The highest BCUT2D eigenvalue weighted by atomic mass is 35.5. The second kappa shape index (κ2) is 8.47. The molecule has 4 aromatic heterocycles. The van der Waals surface area contributed by atoms with Crippen LogP contribution in [0.4, 0.5) is 18.9 Å². The van der Waals surface area contributed by atoms with Crippen LogP contribution in [0.3, 0.4) is 0 Å². The van der Waals surface area contributed by atoms with Gasteiger partial charge in [-0.15, -0.1) is 5.10 Å². The molecule has 0 saturated heterocycles. The van der Waals surface area contributed by atoms with Gasteiger partial charge >= 0.3 is 6.18 Å². The third kappa shape index (κ3) is 4.19. The maximum absolute atomic E-state index is 14.1. The Labute approximate surface area is 200 Å². The molecule has 0 aliphatic rings. The summed E-state index contributed by atoms with van der Waals surface area (Å²) >= 11 is 6.24. The summed E-state index contributed by atoms with van der Waals surface area (Å²) < 4.78 is 44.4. The molecule has 1 N–H and O–H groups in total. The summed E-state index contributed by atoms with van der Waals surface area (Å²) in [5.41, 5.74) is -0.525. The van der Waals surface area contributed by atoms with Crippen molar-refractivity contribution < 1.29 is 18.0 Å². The van der Waals surface area contributed by atoms with E-state index >= 15 is 0 Å². The number of alkyl halides is 3. The van der Waals surface area contributed by atoms with Crippen LogP contribution in [0.15, 0.2) is 61.2 Å². The lowest BCUT2D eigenvalue weighted by Crippen LogP contribution is -2.21. The fourth-order valence-electron chi connectivity index (χ4n) is 3.56. The Hall–Kier alpha value is -4.32. The number of rotatable bonds is 4. The van der Waals surface area contributed by atoms with Crippen LogP contribution in [0.25, 0.3) is 22.4 Å². The second-order valence-corrected chi connectivity index (χ2v) is 7.86. The molecule has 0 bridgehead atoms. The van der Waals surface area contributed by atoms with Crippen molar-refractivity contribution in [1.82, 2.24) is 34.7 Å². The van der Waals surface area contributed by atoms with E-state index < -0.39 is 23.3 Å². The van der Waals surface area contributed by atoms with Crippen molar-refractivity contribution in [3.8, 4) is 11.5 Å². The summed E-state index contributed by atoms with van der Waals surface area (Å²) in [6.07, 6.45) is 0.379. The molecule has 0 saturated carbocycles. The molecule has 5 rings (SSSR count). The molecule has 0 aliphatic heterocycles. The lowest BCUT2D eigenvalue weighted by atomic mass is 10.1. The molecular weight excluding hydrogens is 485 g/mol. The van der Waals surface area contributed by atoms with Gasteiger partial charge in [-0.2, -0.15) is 18.3 Å². The summed E-state index contributed by atoms with van der Waals surface area (Å²) in [6, 6.07) is 9.31. The Morgan fingerprint density at radius 3 is 2.66 bits per heavy atom. The molecule has 35 heavy (non-hydrogen) atoms. The number of anilines is 1. The molecule has 4 heterocycles. The zero-order chi connectivity index (χ0) is 24.7. The number of hydrogen-bond acceptors (Lipinski definition) is 6. The summed E-state index contributed by atoms with van der Waals surface area (Å²) in [4.78, 5) is 21.2. The van der Waals surface area contributed by atoms with Crippen LogP contribution in [0.1, 0.15) is 21.7 Å². The van der Waals surface area contributed by atoms with Gasteiger partial charge in [0.05, 0.1) is 51.8 Å².